The van der Waals surface area contributed by atoms with Crippen LogP contribution in [0.2, 0.25) is 0 Å². The second-order valence-corrected chi connectivity index (χ2v) is 4.09. The molecule has 0 saturated heterocycles. The molecule has 0 aliphatic rings. The number of halogens is 1. The SMILES string of the molecule is Cc1c(C(=O)Nc2ncc[nH]2)oc2ccc(F)cc12. The molecule has 0 saturated carbocycles. The number of H-pyrrole nitrogens is 1. The molecule has 5 nitrogen and oxygen atoms in total. The van der Waals surface area contributed by atoms with Gasteiger partial charge in [0.15, 0.2) is 5.76 Å². The van der Waals surface area contributed by atoms with Crippen LogP contribution in [-0.4, -0.2) is 15.9 Å². The minimum atomic E-state index is -0.427. The van der Waals surface area contributed by atoms with Crippen LogP contribution in [0.1, 0.15) is 16.1 Å². The van der Waals surface area contributed by atoms with Crippen molar-refractivity contribution in [3.63, 3.8) is 0 Å². The van der Waals surface area contributed by atoms with Gasteiger partial charge in [-0.25, -0.2) is 9.37 Å². The van der Waals surface area contributed by atoms with E-state index in [1.807, 2.05) is 0 Å². The summed E-state index contributed by atoms with van der Waals surface area (Å²) in [6.45, 7) is 1.71. The molecule has 2 aromatic heterocycles. The Morgan fingerprint density at radius 1 is 1.47 bits per heavy atom. The number of aryl methyl sites for hydroxylation is 1. The molecule has 6 heteroatoms. The molecule has 2 N–H and O–H groups in total. The van der Waals surface area contributed by atoms with E-state index in [4.69, 9.17) is 4.42 Å². The molecule has 0 aliphatic carbocycles. The van der Waals surface area contributed by atoms with E-state index < -0.39 is 5.91 Å². The summed E-state index contributed by atoms with van der Waals surface area (Å²) in [4.78, 5) is 18.7. The van der Waals surface area contributed by atoms with Gasteiger partial charge in [0.2, 0.25) is 5.95 Å². The monoisotopic (exact) mass is 259 g/mol. The molecule has 0 bridgehead atoms. The van der Waals surface area contributed by atoms with Gasteiger partial charge in [0, 0.05) is 23.3 Å². The fourth-order valence-corrected chi connectivity index (χ4v) is 1.91. The van der Waals surface area contributed by atoms with Crippen LogP contribution in [0.3, 0.4) is 0 Å². The third-order valence-corrected chi connectivity index (χ3v) is 2.83. The third-order valence-electron chi connectivity index (χ3n) is 2.83. The normalized spacial score (nSPS) is 10.8. The number of carbonyl (C=O) groups excluding carboxylic acids is 1. The molecule has 0 aliphatic heterocycles. The van der Waals surface area contributed by atoms with Crippen LogP contribution in [0.4, 0.5) is 10.3 Å². The van der Waals surface area contributed by atoms with Crippen LogP contribution in [0.15, 0.2) is 35.0 Å². The summed E-state index contributed by atoms with van der Waals surface area (Å²) < 4.78 is 18.6. The molecule has 0 atom stereocenters. The molecule has 96 valence electrons. The highest BCUT2D eigenvalue weighted by Crippen LogP contribution is 2.26. The zero-order valence-corrected chi connectivity index (χ0v) is 10.0. The number of rotatable bonds is 2. The molecule has 19 heavy (non-hydrogen) atoms. The van der Waals surface area contributed by atoms with Gasteiger partial charge in [-0.3, -0.25) is 10.1 Å². The van der Waals surface area contributed by atoms with E-state index in [0.717, 1.165) is 0 Å². The van der Waals surface area contributed by atoms with Crippen molar-refractivity contribution >= 4 is 22.8 Å². The van der Waals surface area contributed by atoms with E-state index in [0.29, 0.717) is 22.5 Å². The lowest BCUT2D eigenvalue weighted by Gasteiger charge is -1.99. The molecular weight excluding hydrogens is 249 g/mol. The maximum absolute atomic E-state index is 13.2. The van der Waals surface area contributed by atoms with Crippen molar-refractivity contribution in [1.82, 2.24) is 9.97 Å². The van der Waals surface area contributed by atoms with Gasteiger partial charge in [0.1, 0.15) is 11.4 Å². The molecule has 0 unspecified atom stereocenters. The lowest BCUT2D eigenvalue weighted by Crippen LogP contribution is -2.13. The number of fused-ring (bicyclic) bond motifs is 1. The Balaban J connectivity index is 2.00. The van der Waals surface area contributed by atoms with Crippen molar-refractivity contribution in [3.05, 3.63) is 47.7 Å². The van der Waals surface area contributed by atoms with E-state index >= 15 is 0 Å². The highest BCUT2D eigenvalue weighted by atomic mass is 19.1. The number of hydrogen-bond donors (Lipinski definition) is 2. The first-order valence-corrected chi connectivity index (χ1v) is 5.64. The van der Waals surface area contributed by atoms with Crippen LogP contribution in [0, 0.1) is 12.7 Å². The average Bonchev–Trinajstić information content (AvgIpc) is 2.98. The van der Waals surface area contributed by atoms with Gasteiger partial charge in [-0.05, 0) is 25.1 Å². The second kappa shape index (κ2) is 4.24. The van der Waals surface area contributed by atoms with Crippen molar-refractivity contribution in [2.75, 3.05) is 5.32 Å². The molecule has 0 radical (unpaired) electrons. The summed E-state index contributed by atoms with van der Waals surface area (Å²) in [6, 6.07) is 4.14. The maximum atomic E-state index is 13.2. The maximum Gasteiger partial charge on any atom is 0.293 e. The number of benzene rings is 1. The average molecular weight is 259 g/mol. The summed E-state index contributed by atoms with van der Waals surface area (Å²) in [6.07, 6.45) is 3.12. The van der Waals surface area contributed by atoms with Gasteiger partial charge in [0.05, 0.1) is 0 Å². The van der Waals surface area contributed by atoms with E-state index in [1.54, 1.807) is 13.1 Å². The number of amides is 1. The molecule has 0 spiro atoms. The summed E-state index contributed by atoms with van der Waals surface area (Å²) in [5.41, 5.74) is 1.07. The minimum Gasteiger partial charge on any atom is -0.451 e. The first-order chi connectivity index (χ1) is 9.15. The van der Waals surface area contributed by atoms with Gasteiger partial charge in [-0.15, -0.1) is 0 Å². The van der Waals surface area contributed by atoms with Crippen molar-refractivity contribution in [2.24, 2.45) is 0 Å². The van der Waals surface area contributed by atoms with Gasteiger partial charge < -0.3 is 9.40 Å². The Kier molecular flexibility index (Phi) is 2.56. The van der Waals surface area contributed by atoms with Crippen LogP contribution in [0.5, 0.6) is 0 Å². The number of anilines is 1. The molecular formula is C13H10FN3O2. The summed E-state index contributed by atoms with van der Waals surface area (Å²) >= 11 is 0. The van der Waals surface area contributed by atoms with E-state index in [-0.39, 0.29) is 11.6 Å². The number of hydrogen-bond acceptors (Lipinski definition) is 3. The Labute approximate surface area is 107 Å². The lowest BCUT2D eigenvalue weighted by molar-refractivity contribution is 0.0997. The zero-order valence-electron chi connectivity index (χ0n) is 10.0. The smallest absolute Gasteiger partial charge is 0.293 e. The summed E-state index contributed by atoms with van der Waals surface area (Å²) in [5.74, 6) is -0.313. The van der Waals surface area contributed by atoms with Gasteiger partial charge in [-0.2, -0.15) is 0 Å². The van der Waals surface area contributed by atoms with Gasteiger partial charge >= 0.3 is 0 Å². The quantitative estimate of drug-likeness (QED) is 0.743. The predicted molar refractivity (Wildman–Crippen MR) is 67.4 cm³/mol. The van der Waals surface area contributed by atoms with E-state index in [1.165, 1.54) is 24.4 Å². The molecule has 2 heterocycles. The van der Waals surface area contributed by atoms with Crippen molar-refractivity contribution in [3.8, 4) is 0 Å². The zero-order chi connectivity index (χ0) is 13.4. The topological polar surface area (TPSA) is 70.9 Å². The highest BCUT2D eigenvalue weighted by molar-refractivity contribution is 6.05. The summed E-state index contributed by atoms with van der Waals surface area (Å²) in [5, 5.41) is 3.15. The number of imidazole rings is 1. The van der Waals surface area contributed by atoms with Crippen LogP contribution < -0.4 is 5.32 Å². The van der Waals surface area contributed by atoms with Crippen molar-refractivity contribution in [1.29, 1.82) is 0 Å². The molecule has 1 amide bonds. The number of nitrogens with one attached hydrogen (secondary N) is 2. The molecule has 1 aromatic carbocycles. The second-order valence-electron chi connectivity index (χ2n) is 4.09. The van der Waals surface area contributed by atoms with Crippen molar-refractivity contribution < 1.29 is 13.6 Å². The van der Waals surface area contributed by atoms with Crippen LogP contribution in [0.25, 0.3) is 11.0 Å². The Hall–Kier alpha value is -2.63. The largest absolute Gasteiger partial charge is 0.451 e. The Bertz CT molecular complexity index is 747. The number of aromatic nitrogens is 2. The molecule has 0 fully saturated rings. The predicted octanol–water partition coefficient (Wildman–Crippen LogP) is 2.86. The molecule has 3 aromatic rings. The Morgan fingerprint density at radius 3 is 3.05 bits per heavy atom. The van der Waals surface area contributed by atoms with E-state index in [9.17, 15) is 9.18 Å². The highest BCUT2D eigenvalue weighted by Gasteiger charge is 2.18. The van der Waals surface area contributed by atoms with Crippen LogP contribution in [-0.2, 0) is 0 Å². The van der Waals surface area contributed by atoms with Gasteiger partial charge in [0.25, 0.3) is 5.91 Å². The molecule has 3 rings (SSSR count). The number of aromatic amines is 1. The summed E-state index contributed by atoms with van der Waals surface area (Å²) in [7, 11) is 0. The number of carbonyl (C=O) groups is 1. The van der Waals surface area contributed by atoms with Crippen LogP contribution >= 0.6 is 0 Å². The number of nitrogens with zero attached hydrogens (tertiary/aromatic N) is 1. The standard InChI is InChI=1S/C13H10FN3O2/c1-7-9-6-8(14)2-3-10(9)19-11(7)12(18)17-13-15-4-5-16-13/h2-6H,1H3,(H2,15,16,17,18). The van der Waals surface area contributed by atoms with E-state index in [2.05, 4.69) is 15.3 Å². The first kappa shape index (κ1) is 11.5. The lowest BCUT2D eigenvalue weighted by atomic mass is 10.1. The number of furan rings is 1. The third kappa shape index (κ3) is 1.97. The first-order valence-electron chi connectivity index (χ1n) is 5.64. The minimum absolute atomic E-state index is 0.150. The van der Waals surface area contributed by atoms with Crippen molar-refractivity contribution in [2.45, 2.75) is 6.92 Å². The fourth-order valence-electron chi connectivity index (χ4n) is 1.91. The Morgan fingerprint density at radius 2 is 2.32 bits per heavy atom. The van der Waals surface area contributed by atoms with Gasteiger partial charge in [-0.1, -0.05) is 0 Å². The fraction of sp³-hybridized carbons (Fsp3) is 0.0769.